The molecule has 1 unspecified atom stereocenters. The molecule has 6 nitrogen and oxygen atoms in total. The summed E-state index contributed by atoms with van der Waals surface area (Å²) in [5.41, 5.74) is 1.11. The second-order valence-corrected chi connectivity index (χ2v) is 5.01. The third-order valence-corrected chi connectivity index (χ3v) is 3.44. The minimum Gasteiger partial charge on any atom is -0.485 e. The number of para-hydroxylation sites is 2. The quantitative estimate of drug-likeness (QED) is 0.906. The Morgan fingerprint density at radius 3 is 2.43 bits per heavy atom. The fraction of sp³-hybridized carbons (Fsp3) is 0.176. The molecule has 3 rings (SSSR count). The van der Waals surface area contributed by atoms with E-state index < -0.39 is 6.10 Å². The van der Waals surface area contributed by atoms with E-state index >= 15 is 0 Å². The van der Waals surface area contributed by atoms with Crippen molar-refractivity contribution in [1.82, 2.24) is 5.32 Å². The van der Waals surface area contributed by atoms with Gasteiger partial charge >= 0.3 is 0 Å². The predicted octanol–water partition coefficient (Wildman–Crippen LogP) is 1.82. The molecule has 2 aromatic rings. The average Bonchev–Trinajstić information content (AvgIpc) is 2.61. The molecule has 0 spiro atoms. The van der Waals surface area contributed by atoms with E-state index in [1.54, 1.807) is 43.4 Å². The van der Waals surface area contributed by atoms with Gasteiger partial charge in [0.15, 0.2) is 11.5 Å². The van der Waals surface area contributed by atoms with Crippen molar-refractivity contribution in [2.24, 2.45) is 0 Å². The number of hydrogen-bond donors (Lipinski definition) is 2. The van der Waals surface area contributed by atoms with Gasteiger partial charge in [0.1, 0.15) is 6.61 Å². The molecule has 1 atom stereocenters. The van der Waals surface area contributed by atoms with E-state index in [0.29, 0.717) is 22.7 Å². The van der Waals surface area contributed by atoms with Crippen molar-refractivity contribution >= 4 is 17.5 Å². The van der Waals surface area contributed by atoms with Gasteiger partial charge in [-0.15, -0.1) is 0 Å². The summed E-state index contributed by atoms with van der Waals surface area (Å²) < 4.78 is 11.2. The summed E-state index contributed by atoms with van der Waals surface area (Å²) in [7, 11) is 1.57. The van der Waals surface area contributed by atoms with Gasteiger partial charge in [-0.1, -0.05) is 12.1 Å². The van der Waals surface area contributed by atoms with E-state index in [9.17, 15) is 9.59 Å². The number of rotatable bonds is 3. The number of carbonyl (C=O) groups is 2. The van der Waals surface area contributed by atoms with E-state index in [4.69, 9.17) is 9.47 Å². The third-order valence-electron chi connectivity index (χ3n) is 3.44. The van der Waals surface area contributed by atoms with Crippen LogP contribution in [0.2, 0.25) is 0 Å². The van der Waals surface area contributed by atoms with E-state index in [2.05, 4.69) is 10.6 Å². The van der Waals surface area contributed by atoms with Crippen molar-refractivity contribution in [3.05, 3.63) is 54.1 Å². The lowest BCUT2D eigenvalue weighted by Gasteiger charge is -2.25. The summed E-state index contributed by atoms with van der Waals surface area (Å²) in [4.78, 5) is 23.7. The average molecular weight is 312 g/mol. The van der Waals surface area contributed by atoms with Gasteiger partial charge in [-0.25, -0.2) is 0 Å². The van der Waals surface area contributed by atoms with Crippen LogP contribution in [-0.2, 0) is 4.79 Å². The molecule has 2 aromatic carbocycles. The zero-order valence-electron chi connectivity index (χ0n) is 12.5. The highest BCUT2D eigenvalue weighted by Crippen LogP contribution is 2.31. The van der Waals surface area contributed by atoms with Crippen LogP contribution in [0, 0.1) is 0 Å². The van der Waals surface area contributed by atoms with Gasteiger partial charge in [-0.3, -0.25) is 9.59 Å². The first-order valence-electron chi connectivity index (χ1n) is 7.19. The molecule has 2 N–H and O–H groups in total. The number of amides is 2. The number of carbonyl (C=O) groups excluding carboxylic acids is 2. The fourth-order valence-corrected chi connectivity index (χ4v) is 2.22. The van der Waals surface area contributed by atoms with Crippen LogP contribution in [0.15, 0.2) is 48.5 Å². The van der Waals surface area contributed by atoms with E-state index in [1.165, 1.54) is 0 Å². The van der Waals surface area contributed by atoms with Crippen LogP contribution in [-0.4, -0.2) is 31.6 Å². The molecule has 0 aliphatic carbocycles. The molecule has 118 valence electrons. The van der Waals surface area contributed by atoms with Gasteiger partial charge < -0.3 is 20.1 Å². The number of fused-ring (bicyclic) bond motifs is 1. The summed E-state index contributed by atoms with van der Waals surface area (Å²) in [5, 5.41) is 5.29. The second-order valence-electron chi connectivity index (χ2n) is 5.01. The second kappa shape index (κ2) is 6.39. The van der Waals surface area contributed by atoms with Crippen molar-refractivity contribution in [2.45, 2.75) is 6.10 Å². The minimum absolute atomic E-state index is 0.152. The van der Waals surface area contributed by atoms with Crippen molar-refractivity contribution in [3.63, 3.8) is 0 Å². The maximum absolute atomic E-state index is 12.3. The van der Waals surface area contributed by atoms with Crippen molar-refractivity contribution < 1.29 is 19.1 Å². The summed E-state index contributed by atoms with van der Waals surface area (Å²) in [5.74, 6) is 0.705. The molecule has 0 saturated carbocycles. The van der Waals surface area contributed by atoms with Gasteiger partial charge in [0.25, 0.3) is 11.8 Å². The number of nitrogens with one attached hydrogen (secondary N) is 2. The first-order valence-corrected chi connectivity index (χ1v) is 7.19. The maximum atomic E-state index is 12.3. The lowest BCUT2D eigenvalue weighted by Crippen LogP contribution is -2.40. The van der Waals surface area contributed by atoms with Crippen LogP contribution in [0.3, 0.4) is 0 Å². The smallest absolute Gasteiger partial charge is 0.269 e. The standard InChI is InChI=1S/C17H16N2O4/c1-18-16(20)11-6-8-12(9-7-11)19-17(21)15-10-22-13-4-2-3-5-14(13)23-15/h2-9,15H,10H2,1H3,(H,18,20)(H,19,21). The molecule has 2 amide bonds. The van der Waals surface area contributed by atoms with Gasteiger partial charge in [0, 0.05) is 18.3 Å². The molecule has 0 fully saturated rings. The maximum Gasteiger partial charge on any atom is 0.269 e. The molecular formula is C17H16N2O4. The SMILES string of the molecule is CNC(=O)c1ccc(NC(=O)C2COc3ccccc3O2)cc1. The molecule has 1 heterocycles. The number of ether oxygens (including phenoxy) is 2. The Balaban J connectivity index is 1.65. The highest BCUT2D eigenvalue weighted by Gasteiger charge is 2.27. The van der Waals surface area contributed by atoms with Gasteiger partial charge in [-0.2, -0.15) is 0 Å². The Hall–Kier alpha value is -3.02. The normalized spacial score (nSPS) is 15.6. The van der Waals surface area contributed by atoms with Gasteiger partial charge in [-0.05, 0) is 36.4 Å². The monoisotopic (exact) mass is 312 g/mol. The number of benzene rings is 2. The van der Waals surface area contributed by atoms with Crippen molar-refractivity contribution in [3.8, 4) is 11.5 Å². The third kappa shape index (κ3) is 3.26. The Bertz CT molecular complexity index is 728. The molecule has 1 aliphatic heterocycles. The lowest BCUT2D eigenvalue weighted by atomic mass is 10.2. The van der Waals surface area contributed by atoms with E-state index in [1.807, 2.05) is 12.1 Å². The van der Waals surface area contributed by atoms with Crippen molar-refractivity contribution in [1.29, 1.82) is 0 Å². The van der Waals surface area contributed by atoms with Gasteiger partial charge in [0.2, 0.25) is 6.10 Å². The van der Waals surface area contributed by atoms with Crippen LogP contribution >= 0.6 is 0 Å². The highest BCUT2D eigenvalue weighted by molar-refractivity contribution is 5.97. The topological polar surface area (TPSA) is 76.7 Å². The lowest BCUT2D eigenvalue weighted by molar-refractivity contribution is -0.125. The predicted molar refractivity (Wildman–Crippen MR) is 84.8 cm³/mol. The Labute approximate surface area is 133 Å². The summed E-state index contributed by atoms with van der Waals surface area (Å²) >= 11 is 0. The zero-order valence-corrected chi connectivity index (χ0v) is 12.5. The molecular weight excluding hydrogens is 296 g/mol. The largest absolute Gasteiger partial charge is 0.485 e. The summed E-state index contributed by atoms with van der Waals surface area (Å²) in [6.45, 7) is 0.152. The van der Waals surface area contributed by atoms with Crippen LogP contribution in [0.4, 0.5) is 5.69 Å². The molecule has 0 bridgehead atoms. The number of anilines is 1. The zero-order chi connectivity index (χ0) is 16.2. The van der Waals surface area contributed by atoms with E-state index in [0.717, 1.165) is 0 Å². The van der Waals surface area contributed by atoms with Crippen LogP contribution in [0.25, 0.3) is 0 Å². The molecule has 23 heavy (non-hydrogen) atoms. The molecule has 1 aliphatic rings. The summed E-state index contributed by atoms with van der Waals surface area (Å²) in [6, 6.07) is 13.8. The van der Waals surface area contributed by atoms with Crippen molar-refractivity contribution in [2.75, 3.05) is 19.0 Å². The Morgan fingerprint density at radius 1 is 1.04 bits per heavy atom. The first-order chi connectivity index (χ1) is 11.2. The molecule has 0 saturated heterocycles. The molecule has 6 heteroatoms. The Kier molecular flexibility index (Phi) is 4.14. The fourth-order valence-electron chi connectivity index (χ4n) is 2.22. The summed E-state index contributed by atoms with van der Waals surface area (Å²) in [6.07, 6.45) is -0.719. The minimum atomic E-state index is -0.719. The van der Waals surface area contributed by atoms with E-state index in [-0.39, 0.29) is 18.4 Å². The Morgan fingerprint density at radius 2 is 1.74 bits per heavy atom. The van der Waals surface area contributed by atoms with Crippen LogP contribution < -0.4 is 20.1 Å². The number of hydrogen-bond acceptors (Lipinski definition) is 4. The highest BCUT2D eigenvalue weighted by atomic mass is 16.6. The van der Waals surface area contributed by atoms with Crippen LogP contribution in [0.5, 0.6) is 11.5 Å². The molecule has 0 aromatic heterocycles. The first kappa shape index (κ1) is 14.9. The van der Waals surface area contributed by atoms with Crippen LogP contribution in [0.1, 0.15) is 10.4 Å². The van der Waals surface area contributed by atoms with Gasteiger partial charge in [0.05, 0.1) is 0 Å². The molecule has 0 radical (unpaired) electrons.